The third-order valence-corrected chi connectivity index (χ3v) is 26.5. The Kier molecular flexibility index (Phi) is 15.6. The monoisotopic (exact) mass is 1570 g/mol. The van der Waals surface area contributed by atoms with Crippen molar-refractivity contribution in [1.82, 2.24) is 33.6 Å². The highest BCUT2D eigenvalue weighted by Crippen LogP contribution is 2.52. The van der Waals surface area contributed by atoms with Crippen molar-refractivity contribution in [1.29, 1.82) is 0 Å². The fourth-order valence-corrected chi connectivity index (χ4v) is 20.9. The smallest absolute Gasteiger partial charge is 0.0645 e. The number of nitrogens with one attached hydrogen (secondary N) is 3. The molecule has 19 aromatic carbocycles. The average molecular weight is 1570 g/mol. The van der Waals surface area contributed by atoms with Crippen molar-refractivity contribution in [3.8, 4) is 72.7 Å². The lowest BCUT2D eigenvalue weighted by Crippen LogP contribution is -2.15. The van der Waals surface area contributed by atoms with Gasteiger partial charge < -0.3 is 28.7 Å². The molecule has 1 aliphatic rings. The molecule has 0 amide bonds. The number of para-hydroxylation sites is 6. The summed E-state index contributed by atoms with van der Waals surface area (Å²) < 4.78 is 7.26. The molecule has 0 saturated carbocycles. The van der Waals surface area contributed by atoms with Crippen LogP contribution in [-0.4, -0.2) is 33.6 Å². The molecule has 576 valence electrons. The Morgan fingerprint density at radius 2 is 0.537 bits per heavy atom. The van der Waals surface area contributed by atoms with E-state index in [0.717, 1.165) is 22.4 Å². The predicted octanol–water partition coefficient (Wildman–Crippen LogP) is 31.1. The Bertz CT molecular complexity index is 8850. The zero-order chi connectivity index (χ0) is 81.1. The van der Waals surface area contributed by atoms with Gasteiger partial charge in [0.2, 0.25) is 0 Å². The van der Waals surface area contributed by atoms with E-state index in [2.05, 4.69) is 442 Å². The van der Waals surface area contributed by atoms with Crippen molar-refractivity contribution in [2.45, 2.75) is 19.3 Å². The van der Waals surface area contributed by atoms with Crippen LogP contribution >= 0.6 is 0 Å². The fourth-order valence-electron chi connectivity index (χ4n) is 20.9. The summed E-state index contributed by atoms with van der Waals surface area (Å²) in [5, 5.41) is 22.9. The molecule has 0 radical (unpaired) electrons. The molecule has 7 heteroatoms. The number of aromatic nitrogens is 7. The summed E-state index contributed by atoms with van der Waals surface area (Å²) in [5.41, 5.74) is 32.9. The molecule has 0 unspecified atom stereocenters. The highest BCUT2D eigenvalue weighted by Gasteiger charge is 2.36. The minimum Gasteiger partial charge on any atom is -0.354 e. The van der Waals surface area contributed by atoms with Crippen LogP contribution in [0.1, 0.15) is 25.0 Å². The van der Waals surface area contributed by atoms with Crippen LogP contribution in [0, 0.1) is 0 Å². The van der Waals surface area contributed by atoms with E-state index < -0.39 is 0 Å². The molecular formula is C116H77N7. The van der Waals surface area contributed by atoms with Gasteiger partial charge in [-0.25, -0.2) is 0 Å². The maximum atomic E-state index is 4.43. The van der Waals surface area contributed by atoms with Crippen molar-refractivity contribution in [2.75, 3.05) is 0 Å². The molecule has 26 aromatic rings. The number of H-pyrrole nitrogens is 3. The first-order valence-electron chi connectivity index (χ1n) is 42.5. The fraction of sp³-hybridized carbons (Fsp3) is 0.0259. The van der Waals surface area contributed by atoms with E-state index in [1.807, 2.05) is 18.5 Å². The number of hydrogen-bond donors (Lipinski definition) is 3. The van der Waals surface area contributed by atoms with E-state index in [-0.39, 0.29) is 5.41 Å². The molecule has 0 atom stereocenters. The quantitative estimate of drug-likeness (QED) is 0.146. The normalized spacial score (nSPS) is 12.5. The van der Waals surface area contributed by atoms with Gasteiger partial charge in [-0.1, -0.05) is 305 Å². The second kappa shape index (κ2) is 27.5. The van der Waals surface area contributed by atoms with Gasteiger partial charge in [0, 0.05) is 121 Å². The molecule has 0 bridgehead atoms. The van der Waals surface area contributed by atoms with E-state index >= 15 is 0 Å². The van der Waals surface area contributed by atoms with Crippen LogP contribution in [0.2, 0.25) is 0 Å². The number of nitrogens with zero attached hydrogens (tertiary/aromatic N) is 4. The summed E-state index contributed by atoms with van der Waals surface area (Å²) in [6.45, 7) is 4.72. The summed E-state index contributed by atoms with van der Waals surface area (Å²) >= 11 is 0. The minimum atomic E-state index is -0.0620. The largest absolute Gasteiger partial charge is 0.354 e. The summed E-state index contributed by atoms with van der Waals surface area (Å²) in [4.78, 5) is 15.4. The van der Waals surface area contributed by atoms with Gasteiger partial charge in [0.1, 0.15) is 0 Å². The Morgan fingerprint density at radius 1 is 0.203 bits per heavy atom. The van der Waals surface area contributed by atoms with Crippen LogP contribution in [-0.2, 0) is 5.41 Å². The van der Waals surface area contributed by atoms with E-state index in [1.54, 1.807) is 0 Å². The molecule has 123 heavy (non-hydrogen) atoms. The molecule has 27 rings (SSSR count). The maximum Gasteiger partial charge on any atom is 0.0645 e. The molecule has 3 N–H and O–H groups in total. The molecule has 0 saturated heterocycles. The zero-order valence-corrected chi connectivity index (χ0v) is 67.5. The molecule has 7 nitrogen and oxygen atoms in total. The van der Waals surface area contributed by atoms with Crippen LogP contribution in [0.4, 0.5) is 0 Å². The van der Waals surface area contributed by atoms with E-state index in [4.69, 9.17) is 0 Å². The van der Waals surface area contributed by atoms with Gasteiger partial charge in [-0.05, 0) is 208 Å². The summed E-state index contributed by atoms with van der Waals surface area (Å²) in [6, 6.07) is 146. The molecule has 0 spiro atoms. The van der Waals surface area contributed by atoms with Crippen LogP contribution in [0.3, 0.4) is 0 Å². The van der Waals surface area contributed by atoms with Crippen molar-refractivity contribution in [2.24, 2.45) is 0 Å². The van der Waals surface area contributed by atoms with Crippen molar-refractivity contribution < 1.29 is 0 Å². The molecule has 7 aromatic heterocycles. The standard InChI is InChI=1S/C43H30N2.C40H26N2.C33H21N3/c1-43(2)36-16-8-5-12-29(36)30-22-20-27(24-37(30)43)45-40-18-10-7-15-34(40)42-33-14-4-3-11-28(33)35(25-41(42)45)26-19-21-32-31-13-6-9-17-38(31)44-39(32)23-26;1-2-10-26(11-3-1)27-18-21-29(22-19-27)42-38-17-9-7-15-34(38)40-33-14-5-4-12-30(33)35(25-39(40)42)28-20-23-32-31-13-6-8-16-36(31)41-37(32)24-28;1-2-11-26-23(9-1)28(21-15-16-25-24-10-3-5-13-29(24)35-30(25)18-21)19-32-33(26)27-12-4-6-14-31(27)36(32)22-8-7-17-34-20-22/h3-25,44H,1-2H3;1-25,41H;1-20,35H. The Balaban J connectivity index is 0.000000102. The first-order valence-corrected chi connectivity index (χ1v) is 42.5. The Labute approximate surface area is 707 Å². The van der Waals surface area contributed by atoms with Gasteiger partial charge in [-0.2, -0.15) is 0 Å². The zero-order valence-electron chi connectivity index (χ0n) is 67.5. The Morgan fingerprint density at radius 3 is 0.976 bits per heavy atom. The van der Waals surface area contributed by atoms with E-state index in [1.165, 1.54) is 225 Å². The lowest BCUT2D eigenvalue weighted by molar-refractivity contribution is 0.660. The molecule has 7 heterocycles. The van der Waals surface area contributed by atoms with Crippen molar-refractivity contribution in [3.05, 3.63) is 424 Å². The van der Waals surface area contributed by atoms with Crippen LogP contribution < -0.4 is 0 Å². The van der Waals surface area contributed by atoms with Crippen LogP contribution in [0.5, 0.6) is 0 Å². The summed E-state index contributed by atoms with van der Waals surface area (Å²) in [6.07, 6.45) is 3.77. The lowest BCUT2D eigenvalue weighted by atomic mass is 9.82. The predicted molar refractivity (Wildman–Crippen MR) is 520 cm³/mol. The highest BCUT2D eigenvalue weighted by atomic mass is 15.0. The van der Waals surface area contributed by atoms with Gasteiger partial charge in [-0.3, -0.25) is 4.98 Å². The molecule has 1 aliphatic carbocycles. The van der Waals surface area contributed by atoms with Gasteiger partial charge in [0.25, 0.3) is 0 Å². The van der Waals surface area contributed by atoms with Crippen LogP contribution in [0.25, 0.3) is 236 Å². The molecular weight excluding hydrogens is 1490 g/mol. The topological polar surface area (TPSA) is 75.0 Å². The third kappa shape index (κ3) is 10.9. The number of hydrogen-bond acceptors (Lipinski definition) is 1. The number of fused-ring (bicyclic) bond motifs is 27. The van der Waals surface area contributed by atoms with E-state index in [0.29, 0.717) is 0 Å². The Hall–Kier alpha value is -16.1. The lowest BCUT2D eigenvalue weighted by Gasteiger charge is -2.22. The van der Waals surface area contributed by atoms with Gasteiger partial charge in [0.15, 0.2) is 0 Å². The van der Waals surface area contributed by atoms with Crippen molar-refractivity contribution >= 4 is 163 Å². The van der Waals surface area contributed by atoms with Crippen LogP contribution in [0.15, 0.2) is 413 Å². The summed E-state index contributed by atoms with van der Waals surface area (Å²) in [5.74, 6) is 0. The van der Waals surface area contributed by atoms with Gasteiger partial charge >= 0.3 is 0 Å². The first-order chi connectivity index (χ1) is 60.8. The average Bonchev–Trinajstić information content (AvgIpc) is 1.56. The van der Waals surface area contributed by atoms with Gasteiger partial charge in [-0.15, -0.1) is 0 Å². The SMILES string of the molecule is CC1(C)c2ccccc2-c2ccc(-n3c4ccccc4c4c5ccccc5c(-c5ccc6c(c5)[nH]c5ccccc56)cc43)cc21.c1ccc(-c2ccc(-n3c4ccccc4c4c5ccccc5c(-c5ccc6c(c5)[nH]c5ccccc56)cc43)cc2)cc1.c1cncc(-n2c3ccccc3c3c4ccccc4c(-c4ccc5c(c4)[nH]c4ccccc45)cc32)c1. The molecule has 0 fully saturated rings. The molecule has 0 aliphatic heterocycles. The van der Waals surface area contributed by atoms with Crippen molar-refractivity contribution in [3.63, 3.8) is 0 Å². The third-order valence-electron chi connectivity index (χ3n) is 26.5. The van der Waals surface area contributed by atoms with E-state index in [9.17, 15) is 0 Å². The number of benzene rings is 19. The second-order valence-corrected chi connectivity index (χ2v) is 33.5. The second-order valence-electron chi connectivity index (χ2n) is 33.5. The minimum absolute atomic E-state index is 0.0620. The maximum absolute atomic E-state index is 4.43. The number of aromatic amines is 3. The summed E-state index contributed by atoms with van der Waals surface area (Å²) in [7, 11) is 0. The number of pyridine rings is 1. The number of rotatable bonds is 7. The first kappa shape index (κ1) is 70.0. The highest BCUT2D eigenvalue weighted by molar-refractivity contribution is 6.28. The van der Waals surface area contributed by atoms with Gasteiger partial charge in [0.05, 0.1) is 45.0 Å².